The van der Waals surface area contributed by atoms with Gasteiger partial charge in [0.25, 0.3) is 0 Å². The number of hydrogen-bond acceptors (Lipinski definition) is 6. The molecule has 1 aliphatic rings. The molecule has 3 amide bonds. The molecule has 1 aromatic heterocycles. The summed E-state index contributed by atoms with van der Waals surface area (Å²) in [6.07, 6.45) is 2.47. The van der Waals surface area contributed by atoms with Crippen LogP contribution in [0.1, 0.15) is 39.2 Å². The largest absolute Gasteiger partial charge is 0.444 e. The Hall–Kier alpha value is -2.68. The Morgan fingerprint density at radius 1 is 1.17 bits per heavy atom. The lowest BCUT2D eigenvalue weighted by Crippen LogP contribution is -2.47. The Labute approximate surface area is 171 Å². The first-order valence-corrected chi connectivity index (χ1v) is 9.69. The predicted molar refractivity (Wildman–Crippen MR) is 111 cm³/mol. The van der Waals surface area contributed by atoms with Crippen LogP contribution in [-0.4, -0.2) is 71.5 Å². The zero-order chi connectivity index (χ0) is 21.8. The smallest absolute Gasteiger partial charge is 0.413 e. The van der Waals surface area contributed by atoms with E-state index in [2.05, 4.69) is 20.5 Å². The molecule has 0 atom stereocenters. The lowest BCUT2D eigenvalue weighted by atomic mass is 10.0. The molecule has 29 heavy (non-hydrogen) atoms. The number of anilines is 2. The summed E-state index contributed by atoms with van der Waals surface area (Å²) in [4.78, 5) is 44.5. The molecular weight excluding hydrogens is 374 g/mol. The number of rotatable bonds is 3. The first-order valence-electron chi connectivity index (χ1n) is 9.69. The number of likely N-dealkylation sites (tertiary alicyclic amines) is 1. The highest BCUT2D eigenvalue weighted by atomic mass is 16.6. The van der Waals surface area contributed by atoms with Crippen LogP contribution in [0.15, 0.2) is 12.3 Å². The average molecular weight is 405 g/mol. The molecule has 2 heterocycles. The lowest BCUT2D eigenvalue weighted by molar-refractivity contribution is -0.144. The van der Waals surface area contributed by atoms with Crippen LogP contribution in [0.5, 0.6) is 0 Å². The third kappa shape index (κ3) is 6.70. The van der Waals surface area contributed by atoms with Gasteiger partial charge in [-0.05, 0) is 66.3 Å². The summed E-state index contributed by atoms with van der Waals surface area (Å²) in [5, 5.41) is 5.16. The number of carbonyl (C=O) groups excluding carboxylic acids is 3. The van der Waals surface area contributed by atoms with Crippen molar-refractivity contribution in [3.63, 3.8) is 0 Å². The summed E-state index contributed by atoms with van der Waals surface area (Å²) in [6.45, 7) is 8.17. The summed E-state index contributed by atoms with van der Waals surface area (Å²) >= 11 is 0. The Kier molecular flexibility index (Phi) is 7.18. The van der Waals surface area contributed by atoms with Gasteiger partial charge in [0.05, 0.1) is 11.9 Å². The van der Waals surface area contributed by atoms with Gasteiger partial charge in [0.15, 0.2) is 0 Å². The Bertz CT molecular complexity index is 765. The standard InChI is InChI=1S/C20H31N5O4/c1-13-11-14(12-21-16(13)23-19(28)29-20(2,3)4)22-17(26)18(27)25-9-7-15(8-10-25)24(5)6/h11-12,15H,7-10H2,1-6H3,(H,22,26)(H,21,23,28). The molecule has 0 spiro atoms. The van der Waals surface area contributed by atoms with Gasteiger partial charge in [-0.3, -0.25) is 14.9 Å². The SMILES string of the molecule is Cc1cc(NC(=O)C(=O)N2CCC(N(C)C)CC2)cnc1NC(=O)OC(C)(C)C. The summed E-state index contributed by atoms with van der Waals surface area (Å²) in [6, 6.07) is 2.07. The second-order valence-electron chi connectivity index (χ2n) is 8.46. The number of piperidine rings is 1. The van der Waals surface area contributed by atoms with Crippen molar-refractivity contribution >= 4 is 29.4 Å². The fourth-order valence-corrected chi connectivity index (χ4v) is 3.09. The third-order valence-electron chi connectivity index (χ3n) is 4.63. The Morgan fingerprint density at radius 3 is 2.31 bits per heavy atom. The van der Waals surface area contributed by atoms with E-state index in [1.165, 1.54) is 6.20 Å². The van der Waals surface area contributed by atoms with E-state index in [0.29, 0.717) is 36.2 Å². The number of amides is 3. The summed E-state index contributed by atoms with van der Waals surface area (Å²) in [5.41, 5.74) is 0.402. The fourth-order valence-electron chi connectivity index (χ4n) is 3.09. The van der Waals surface area contributed by atoms with Crippen LogP contribution in [0.25, 0.3) is 0 Å². The zero-order valence-corrected chi connectivity index (χ0v) is 18.0. The molecule has 1 aromatic rings. The molecule has 0 radical (unpaired) electrons. The van der Waals surface area contributed by atoms with Crippen molar-refractivity contribution in [1.29, 1.82) is 0 Å². The molecule has 2 rings (SSSR count). The molecule has 9 heteroatoms. The van der Waals surface area contributed by atoms with Crippen molar-refractivity contribution in [2.45, 2.75) is 52.2 Å². The average Bonchev–Trinajstić information content (AvgIpc) is 2.62. The van der Waals surface area contributed by atoms with Crippen molar-refractivity contribution in [2.24, 2.45) is 0 Å². The van der Waals surface area contributed by atoms with Gasteiger partial charge in [0, 0.05) is 19.1 Å². The second kappa shape index (κ2) is 9.21. The molecule has 1 saturated heterocycles. The minimum Gasteiger partial charge on any atom is -0.444 e. The topological polar surface area (TPSA) is 104 Å². The van der Waals surface area contributed by atoms with Gasteiger partial charge < -0.3 is 19.9 Å². The maximum atomic E-state index is 12.4. The quantitative estimate of drug-likeness (QED) is 0.748. The molecule has 1 fully saturated rings. The van der Waals surface area contributed by atoms with E-state index < -0.39 is 23.5 Å². The maximum Gasteiger partial charge on any atom is 0.413 e. The molecule has 0 saturated carbocycles. The second-order valence-corrected chi connectivity index (χ2v) is 8.46. The van der Waals surface area contributed by atoms with E-state index in [0.717, 1.165) is 12.8 Å². The van der Waals surface area contributed by atoms with Crippen LogP contribution < -0.4 is 10.6 Å². The number of nitrogens with one attached hydrogen (secondary N) is 2. The minimum atomic E-state index is -0.692. The molecular formula is C20H31N5O4. The molecule has 0 bridgehead atoms. The van der Waals surface area contributed by atoms with Crippen LogP contribution in [0.3, 0.4) is 0 Å². The van der Waals surface area contributed by atoms with Crippen LogP contribution in [-0.2, 0) is 14.3 Å². The van der Waals surface area contributed by atoms with Gasteiger partial charge in [0.1, 0.15) is 11.4 Å². The highest BCUT2D eigenvalue weighted by Crippen LogP contribution is 2.19. The molecule has 2 N–H and O–H groups in total. The molecule has 1 aliphatic heterocycles. The van der Waals surface area contributed by atoms with Gasteiger partial charge in [-0.25, -0.2) is 9.78 Å². The van der Waals surface area contributed by atoms with E-state index in [9.17, 15) is 14.4 Å². The van der Waals surface area contributed by atoms with Crippen molar-refractivity contribution < 1.29 is 19.1 Å². The van der Waals surface area contributed by atoms with E-state index in [1.54, 1.807) is 38.7 Å². The van der Waals surface area contributed by atoms with Gasteiger partial charge in [0.2, 0.25) is 0 Å². The van der Waals surface area contributed by atoms with Crippen LogP contribution in [0, 0.1) is 6.92 Å². The number of pyridine rings is 1. The number of aryl methyl sites for hydroxylation is 1. The van der Waals surface area contributed by atoms with Crippen LogP contribution in [0.4, 0.5) is 16.3 Å². The van der Waals surface area contributed by atoms with Crippen LogP contribution in [0.2, 0.25) is 0 Å². The summed E-state index contributed by atoms with van der Waals surface area (Å²) in [5.74, 6) is -0.910. The normalized spacial score (nSPS) is 15.2. The summed E-state index contributed by atoms with van der Waals surface area (Å²) in [7, 11) is 4.04. The number of nitrogens with zero attached hydrogens (tertiary/aromatic N) is 3. The van der Waals surface area contributed by atoms with Crippen LogP contribution >= 0.6 is 0 Å². The monoisotopic (exact) mass is 405 g/mol. The van der Waals surface area contributed by atoms with Crippen molar-refractivity contribution in [3.8, 4) is 0 Å². The highest BCUT2D eigenvalue weighted by Gasteiger charge is 2.28. The van der Waals surface area contributed by atoms with Gasteiger partial charge >= 0.3 is 17.9 Å². The van der Waals surface area contributed by atoms with Gasteiger partial charge in [-0.15, -0.1) is 0 Å². The predicted octanol–water partition coefficient (Wildman–Crippen LogP) is 2.23. The molecule has 0 unspecified atom stereocenters. The van der Waals surface area contributed by atoms with E-state index in [-0.39, 0.29) is 0 Å². The highest BCUT2D eigenvalue weighted by molar-refractivity contribution is 6.39. The molecule has 160 valence electrons. The van der Waals surface area contributed by atoms with Gasteiger partial charge in [-0.2, -0.15) is 0 Å². The van der Waals surface area contributed by atoms with Gasteiger partial charge in [-0.1, -0.05) is 0 Å². The Morgan fingerprint density at radius 2 is 1.79 bits per heavy atom. The van der Waals surface area contributed by atoms with E-state index in [1.807, 2.05) is 14.1 Å². The summed E-state index contributed by atoms with van der Waals surface area (Å²) < 4.78 is 5.20. The number of ether oxygens (including phenoxy) is 1. The van der Waals surface area contributed by atoms with E-state index in [4.69, 9.17) is 4.74 Å². The number of hydrogen-bond donors (Lipinski definition) is 2. The number of carbonyl (C=O) groups is 3. The van der Waals surface area contributed by atoms with Crippen molar-refractivity contribution in [3.05, 3.63) is 17.8 Å². The zero-order valence-electron chi connectivity index (χ0n) is 18.0. The Balaban J connectivity index is 1.93. The van der Waals surface area contributed by atoms with E-state index >= 15 is 0 Å². The minimum absolute atomic E-state index is 0.328. The van der Waals surface area contributed by atoms with Crippen molar-refractivity contribution in [1.82, 2.24) is 14.8 Å². The lowest BCUT2D eigenvalue weighted by Gasteiger charge is -2.34. The first-order chi connectivity index (χ1) is 13.5. The maximum absolute atomic E-state index is 12.4. The van der Waals surface area contributed by atoms with Crippen molar-refractivity contribution in [2.75, 3.05) is 37.8 Å². The molecule has 0 aromatic carbocycles. The fraction of sp³-hybridized carbons (Fsp3) is 0.600. The number of aromatic nitrogens is 1. The third-order valence-corrected chi connectivity index (χ3v) is 4.63. The molecule has 0 aliphatic carbocycles. The first kappa shape index (κ1) is 22.6. The molecule has 9 nitrogen and oxygen atoms in total.